The maximum atomic E-state index is 12.2. The Bertz CT molecular complexity index is 928. The van der Waals surface area contributed by atoms with E-state index in [0.717, 1.165) is 11.3 Å². The molecule has 3 amide bonds. The van der Waals surface area contributed by atoms with Gasteiger partial charge in [-0.15, -0.1) is 0 Å². The molecule has 152 valence electrons. The summed E-state index contributed by atoms with van der Waals surface area (Å²) in [5.74, 6) is -0.256. The van der Waals surface area contributed by atoms with E-state index < -0.39 is 5.91 Å². The fourth-order valence-corrected chi connectivity index (χ4v) is 3.09. The summed E-state index contributed by atoms with van der Waals surface area (Å²) < 4.78 is 10.6. The number of hydrogen-bond acceptors (Lipinski definition) is 5. The Labute approximate surface area is 168 Å². The van der Waals surface area contributed by atoms with Crippen molar-refractivity contribution in [2.24, 2.45) is 5.73 Å². The van der Waals surface area contributed by atoms with E-state index in [0.29, 0.717) is 36.6 Å². The normalized spacial score (nSPS) is 12.2. The number of primary amides is 1. The number of rotatable bonds is 7. The van der Waals surface area contributed by atoms with Crippen LogP contribution in [-0.2, 0) is 16.0 Å². The van der Waals surface area contributed by atoms with Crippen molar-refractivity contribution in [1.82, 2.24) is 0 Å². The molecule has 0 saturated heterocycles. The molecule has 3 rings (SSSR count). The lowest BCUT2D eigenvalue weighted by Gasteiger charge is -2.16. The number of nitrogens with one attached hydrogen (secondary N) is 1. The molecule has 0 unspecified atom stereocenters. The van der Waals surface area contributed by atoms with Gasteiger partial charge in [0.2, 0.25) is 11.8 Å². The van der Waals surface area contributed by atoms with E-state index in [1.165, 1.54) is 6.07 Å². The molecular formula is C21H23N3O5. The third-order valence-electron chi connectivity index (χ3n) is 4.46. The smallest absolute Gasteiger partial charge is 0.414 e. The van der Waals surface area contributed by atoms with Crippen LogP contribution in [-0.4, -0.2) is 37.7 Å². The molecule has 2 aromatic rings. The highest BCUT2D eigenvalue weighted by Crippen LogP contribution is 2.31. The maximum absolute atomic E-state index is 12.2. The van der Waals surface area contributed by atoms with Crippen LogP contribution in [0.3, 0.4) is 0 Å². The molecule has 0 radical (unpaired) electrons. The van der Waals surface area contributed by atoms with Crippen molar-refractivity contribution in [1.29, 1.82) is 0 Å². The topological polar surface area (TPSA) is 111 Å². The first kappa shape index (κ1) is 20.2. The molecule has 29 heavy (non-hydrogen) atoms. The molecule has 3 N–H and O–H groups in total. The average Bonchev–Trinajstić information content (AvgIpc) is 3.11. The van der Waals surface area contributed by atoms with E-state index in [9.17, 15) is 14.4 Å². The van der Waals surface area contributed by atoms with Crippen molar-refractivity contribution >= 4 is 29.3 Å². The first-order chi connectivity index (χ1) is 14.0. The highest BCUT2D eigenvalue weighted by Gasteiger charge is 2.25. The Balaban J connectivity index is 1.52. The SMILES string of the molecule is CCOC(=O)N1CCc2cc(NC(=O)CCOc3cccc(C(N)=O)c3)ccc21. The van der Waals surface area contributed by atoms with Gasteiger partial charge in [-0.25, -0.2) is 4.79 Å². The molecule has 1 aliphatic rings. The standard InChI is InChI=1S/C21H23N3O5/c1-2-28-21(27)24-10-8-14-12-16(6-7-18(14)24)23-19(25)9-11-29-17-5-3-4-15(13-17)20(22)26/h3-7,12-13H,2,8-11H2,1H3,(H2,22,26)(H,23,25). The molecule has 8 nitrogen and oxygen atoms in total. The van der Waals surface area contributed by atoms with Crippen molar-refractivity contribution in [2.75, 3.05) is 30.0 Å². The number of anilines is 2. The highest BCUT2D eigenvalue weighted by atomic mass is 16.6. The van der Waals surface area contributed by atoms with Crippen LogP contribution in [0.15, 0.2) is 42.5 Å². The van der Waals surface area contributed by atoms with Gasteiger partial charge in [0.15, 0.2) is 0 Å². The fourth-order valence-electron chi connectivity index (χ4n) is 3.09. The van der Waals surface area contributed by atoms with Crippen LogP contribution < -0.4 is 20.7 Å². The number of carbonyl (C=O) groups excluding carboxylic acids is 3. The average molecular weight is 397 g/mol. The third-order valence-corrected chi connectivity index (χ3v) is 4.46. The third kappa shape index (κ3) is 5.04. The van der Waals surface area contributed by atoms with Crippen LogP contribution >= 0.6 is 0 Å². The first-order valence-electron chi connectivity index (χ1n) is 9.37. The number of ether oxygens (including phenoxy) is 2. The Hall–Kier alpha value is -3.55. The number of carbonyl (C=O) groups is 3. The lowest BCUT2D eigenvalue weighted by Crippen LogP contribution is -2.29. The fraction of sp³-hybridized carbons (Fsp3) is 0.286. The Morgan fingerprint density at radius 3 is 2.76 bits per heavy atom. The Morgan fingerprint density at radius 1 is 1.17 bits per heavy atom. The van der Waals surface area contributed by atoms with Gasteiger partial charge >= 0.3 is 6.09 Å². The number of fused-ring (bicyclic) bond motifs is 1. The van der Waals surface area contributed by atoms with E-state index in [-0.39, 0.29) is 25.0 Å². The Kier molecular flexibility index (Phi) is 6.33. The summed E-state index contributed by atoms with van der Waals surface area (Å²) in [6.45, 7) is 2.82. The molecule has 0 saturated carbocycles. The second kappa shape index (κ2) is 9.09. The van der Waals surface area contributed by atoms with Gasteiger partial charge in [-0.1, -0.05) is 6.07 Å². The lowest BCUT2D eigenvalue weighted by molar-refractivity contribution is -0.116. The molecule has 8 heteroatoms. The summed E-state index contributed by atoms with van der Waals surface area (Å²) in [7, 11) is 0. The van der Waals surface area contributed by atoms with E-state index in [4.69, 9.17) is 15.2 Å². The molecule has 0 spiro atoms. The molecule has 0 aliphatic carbocycles. The highest BCUT2D eigenvalue weighted by molar-refractivity contribution is 5.94. The molecule has 0 fully saturated rings. The predicted octanol–water partition coefficient (Wildman–Crippen LogP) is 2.71. The monoisotopic (exact) mass is 397 g/mol. The van der Waals surface area contributed by atoms with Gasteiger partial charge in [-0.2, -0.15) is 0 Å². The second-order valence-electron chi connectivity index (χ2n) is 6.48. The zero-order valence-corrected chi connectivity index (χ0v) is 16.1. The van der Waals surface area contributed by atoms with Crippen LogP contribution in [0.5, 0.6) is 5.75 Å². The summed E-state index contributed by atoms with van der Waals surface area (Å²) in [6.07, 6.45) is 0.491. The van der Waals surface area contributed by atoms with Crippen molar-refractivity contribution in [3.05, 3.63) is 53.6 Å². The maximum Gasteiger partial charge on any atom is 0.414 e. The number of nitrogens with zero attached hydrogens (tertiary/aromatic N) is 1. The Morgan fingerprint density at radius 2 is 2.00 bits per heavy atom. The molecule has 1 heterocycles. The predicted molar refractivity (Wildman–Crippen MR) is 108 cm³/mol. The molecule has 0 bridgehead atoms. The van der Waals surface area contributed by atoms with Crippen molar-refractivity contribution in [2.45, 2.75) is 19.8 Å². The van der Waals surface area contributed by atoms with Crippen LogP contribution in [0.1, 0.15) is 29.3 Å². The van der Waals surface area contributed by atoms with Crippen molar-refractivity contribution in [3.63, 3.8) is 0 Å². The minimum atomic E-state index is -0.536. The van der Waals surface area contributed by atoms with Crippen molar-refractivity contribution < 1.29 is 23.9 Å². The molecule has 0 aromatic heterocycles. The van der Waals surface area contributed by atoms with Crippen LogP contribution in [0.4, 0.5) is 16.2 Å². The van der Waals surface area contributed by atoms with Crippen molar-refractivity contribution in [3.8, 4) is 5.75 Å². The lowest BCUT2D eigenvalue weighted by atomic mass is 10.1. The second-order valence-corrected chi connectivity index (χ2v) is 6.48. The minimum absolute atomic E-state index is 0.146. The largest absolute Gasteiger partial charge is 0.493 e. The van der Waals surface area contributed by atoms with Crippen LogP contribution in [0.25, 0.3) is 0 Å². The summed E-state index contributed by atoms with van der Waals surface area (Å²) in [6, 6.07) is 11.9. The number of amides is 3. The van der Waals surface area contributed by atoms with Gasteiger partial charge in [0.05, 0.1) is 25.3 Å². The molecule has 2 aromatic carbocycles. The van der Waals surface area contributed by atoms with Gasteiger partial charge in [-0.05, 0) is 55.3 Å². The first-order valence-corrected chi connectivity index (χ1v) is 9.37. The van der Waals surface area contributed by atoms with E-state index in [1.54, 1.807) is 42.2 Å². The molecule has 0 atom stereocenters. The van der Waals surface area contributed by atoms with Crippen LogP contribution in [0.2, 0.25) is 0 Å². The van der Waals surface area contributed by atoms with Gasteiger partial charge < -0.3 is 20.5 Å². The molecule has 1 aliphatic heterocycles. The quantitative estimate of drug-likeness (QED) is 0.746. The number of nitrogens with two attached hydrogens (primary N) is 1. The van der Waals surface area contributed by atoms with Crippen LogP contribution in [0, 0.1) is 0 Å². The summed E-state index contributed by atoms with van der Waals surface area (Å²) in [5.41, 5.74) is 8.03. The van der Waals surface area contributed by atoms with Gasteiger partial charge in [0.1, 0.15) is 5.75 Å². The molecular weight excluding hydrogens is 374 g/mol. The number of hydrogen-bond donors (Lipinski definition) is 2. The van der Waals surface area contributed by atoms with E-state index in [2.05, 4.69) is 5.32 Å². The van der Waals surface area contributed by atoms with Gasteiger partial charge in [-0.3, -0.25) is 14.5 Å². The van der Waals surface area contributed by atoms with E-state index in [1.807, 2.05) is 6.07 Å². The van der Waals surface area contributed by atoms with Gasteiger partial charge in [0.25, 0.3) is 0 Å². The summed E-state index contributed by atoms with van der Waals surface area (Å²) in [5, 5.41) is 2.83. The van der Waals surface area contributed by atoms with E-state index >= 15 is 0 Å². The zero-order chi connectivity index (χ0) is 20.8. The summed E-state index contributed by atoms with van der Waals surface area (Å²) >= 11 is 0. The zero-order valence-electron chi connectivity index (χ0n) is 16.1. The summed E-state index contributed by atoms with van der Waals surface area (Å²) in [4.78, 5) is 36.9. The minimum Gasteiger partial charge on any atom is -0.493 e. The van der Waals surface area contributed by atoms with Gasteiger partial charge in [0, 0.05) is 17.8 Å². The number of benzene rings is 2.